The van der Waals surface area contributed by atoms with Crippen LogP contribution in [0.4, 0.5) is 5.69 Å². The van der Waals surface area contributed by atoms with Gasteiger partial charge < -0.3 is 19.5 Å². The van der Waals surface area contributed by atoms with Crippen LogP contribution in [0.25, 0.3) is 0 Å². The van der Waals surface area contributed by atoms with Crippen LogP contribution in [0.2, 0.25) is 0 Å². The summed E-state index contributed by atoms with van der Waals surface area (Å²) in [5.41, 5.74) is 1.01. The SMILES string of the molecule is COc1cc(OC)c2c(c1)C(=O)c1cc(NC(C)=O)cc(OC)c1C2=O. The molecule has 134 valence electrons. The topological polar surface area (TPSA) is 90.9 Å². The zero-order chi connectivity index (χ0) is 19.0. The first-order valence-electron chi connectivity index (χ1n) is 7.76. The van der Waals surface area contributed by atoms with E-state index in [1.54, 1.807) is 6.07 Å². The highest BCUT2D eigenvalue weighted by Gasteiger charge is 2.36. The molecule has 7 heteroatoms. The Hall–Kier alpha value is -3.35. The van der Waals surface area contributed by atoms with E-state index in [2.05, 4.69) is 5.32 Å². The third-order valence-electron chi connectivity index (χ3n) is 4.12. The molecule has 0 atom stereocenters. The van der Waals surface area contributed by atoms with Crippen molar-refractivity contribution in [2.24, 2.45) is 0 Å². The van der Waals surface area contributed by atoms with Gasteiger partial charge >= 0.3 is 0 Å². The van der Waals surface area contributed by atoms with Crippen LogP contribution in [0.1, 0.15) is 38.8 Å². The zero-order valence-electron chi connectivity index (χ0n) is 14.8. The summed E-state index contributed by atoms with van der Waals surface area (Å²) in [5, 5.41) is 2.60. The summed E-state index contributed by atoms with van der Waals surface area (Å²) in [5.74, 6) is -0.220. The smallest absolute Gasteiger partial charge is 0.221 e. The number of ether oxygens (including phenoxy) is 3. The maximum absolute atomic E-state index is 13.1. The second-order valence-electron chi connectivity index (χ2n) is 5.69. The van der Waals surface area contributed by atoms with Crippen LogP contribution in [0.3, 0.4) is 0 Å². The molecule has 1 aliphatic carbocycles. The first-order valence-corrected chi connectivity index (χ1v) is 7.76. The Morgan fingerprint density at radius 2 is 1.38 bits per heavy atom. The number of ketones is 2. The van der Waals surface area contributed by atoms with Crippen molar-refractivity contribution >= 4 is 23.2 Å². The van der Waals surface area contributed by atoms with Crippen LogP contribution in [0.15, 0.2) is 24.3 Å². The Morgan fingerprint density at radius 3 is 1.92 bits per heavy atom. The quantitative estimate of drug-likeness (QED) is 0.773. The molecule has 0 radical (unpaired) electrons. The second kappa shape index (κ2) is 6.51. The summed E-state index contributed by atoms with van der Waals surface area (Å²) < 4.78 is 15.8. The Kier molecular flexibility index (Phi) is 4.38. The summed E-state index contributed by atoms with van der Waals surface area (Å²) >= 11 is 0. The maximum Gasteiger partial charge on any atom is 0.221 e. The predicted molar refractivity (Wildman–Crippen MR) is 93.7 cm³/mol. The number of carbonyl (C=O) groups excluding carboxylic acids is 3. The van der Waals surface area contributed by atoms with Crippen molar-refractivity contribution in [3.8, 4) is 17.2 Å². The van der Waals surface area contributed by atoms with Gasteiger partial charge in [0.1, 0.15) is 17.2 Å². The van der Waals surface area contributed by atoms with Crippen molar-refractivity contribution in [3.63, 3.8) is 0 Å². The van der Waals surface area contributed by atoms with Crippen LogP contribution in [-0.2, 0) is 4.79 Å². The summed E-state index contributed by atoms with van der Waals surface area (Å²) in [6.07, 6.45) is 0. The van der Waals surface area contributed by atoms with E-state index in [0.717, 1.165) is 0 Å². The third-order valence-corrected chi connectivity index (χ3v) is 4.12. The Labute approximate surface area is 149 Å². The zero-order valence-corrected chi connectivity index (χ0v) is 14.8. The van der Waals surface area contributed by atoms with E-state index in [9.17, 15) is 14.4 Å². The van der Waals surface area contributed by atoms with Gasteiger partial charge in [-0.2, -0.15) is 0 Å². The Balaban J connectivity index is 2.29. The number of anilines is 1. The van der Waals surface area contributed by atoms with Crippen LogP contribution >= 0.6 is 0 Å². The largest absolute Gasteiger partial charge is 0.497 e. The minimum Gasteiger partial charge on any atom is -0.497 e. The number of amides is 1. The fraction of sp³-hybridized carbons (Fsp3) is 0.211. The van der Waals surface area contributed by atoms with E-state index in [-0.39, 0.29) is 51.2 Å². The molecule has 1 aliphatic rings. The molecule has 0 fully saturated rings. The average Bonchev–Trinajstić information content (AvgIpc) is 2.63. The highest BCUT2D eigenvalue weighted by atomic mass is 16.5. The third kappa shape index (κ3) is 2.67. The minimum absolute atomic E-state index is 0.141. The first kappa shape index (κ1) is 17.5. The van der Waals surface area contributed by atoms with Crippen LogP contribution in [-0.4, -0.2) is 38.8 Å². The van der Waals surface area contributed by atoms with Crippen molar-refractivity contribution in [3.05, 3.63) is 46.5 Å². The number of benzene rings is 2. The molecule has 26 heavy (non-hydrogen) atoms. The molecule has 1 amide bonds. The van der Waals surface area contributed by atoms with E-state index in [1.165, 1.54) is 46.5 Å². The number of hydrogen-bond donors (Lipinski definition) is 1. The number of hydrogen-bond acceptors (Lipinski definition) is 6. The van der Waals surface area contributed by atoms with Gasteiger partial charge in [0.05, 0.1) is 32.5 Å². The van der Waals surface area contributed by atoms with Crippen molar-refractivity contribution in [1.82, 2.24) is 0 Å². The molecule has 2 aromatic carbocycles. The lowest BCUT2D eigenvalue weighted by molar-refractivity contribution is -0.114. The number of methoxy groups -OCH3 is 3. The molecule has 0 saturated heterocycles. The van der Waals surface area contributed by atoms with Crippen molar-refractivity contribution in [1.29, 1.82) is 0 Å². The van der Waals surface area contributed by atoms with Crippen molar-refractivity contribution in [2.45, 2.75) is 6.92 Å². The molecule has 0 bridgehead atoms. The number of fused-ring (bicyclic) bond motifs is 2. The van der Waals surface area contributed by atoms with Crippen LogP contribution in [0.5, 0.6) is 17.2 Å². The van der Waals surface area contributed by atoms with E-state index >= 15 is 0 Å². The summed E-state index contributed by atoms with van der Waals surface area (Å²) in [6, 6.07) is 6.02. The molecule has 1 N–H and O–H groups in total. The Bertz CT molecular complexity index is 948. The Morgan fingerprint density at radius 1 is 0.808 bits per heavy atom. The maximum atomic E-state index is 13.1. The molecule has 7 nitrogen and oxygen atoms in total. The minimum atomic E-state index is -0.389. The van der Waals surface area contributed by atoms with Crippen molar-refractivity contribution in [2.75, 3.05) is 26.6 Å². The van der Waals surface area contributed by atoms with E-state index in [4.69, 9.17) is 14.2 Å². The van der Waals surface area contributed by atoms with Crippen molar-refractivity contribution < 1.29 is 28.6 Å². The fourth-order valence-electron chi connectivity index (χ4n) is 3.02. The average molecular weight is 355 g/mol. The molecule has 0 spiro atoms. The monoisotopic (exact) mass is 355 g/mol. The van der Waals surface area contributed by atoms with E-state index in [0.29, 0.717) is 11.4 Å². The number of rotatable bonds is 4. The molecule has 0 heterocycles. The lowest BCUT2D eigenvalue weighted by Gasteiger charge is -2.23. The summed E-state index contributed by atoms with van der Waals surface area (Å²) in [6.45, 7) is 1.35. The van der Waals surface area contributed by atoms with Gasteiger partial charge in [0, 0.05) is 35.9 Å². The highest BCUT2D eigenvalue weighted by molar-refractivity contribution is 6.30. The molecule has 0 saturated carbocycles. The molecule has 0 unspecified atom stereocenters. The summed E-state index contributed by atoms with van der Waals surface area (Å²) in [4.78, 5) is 37.5. The second-order valence-corrected chi connectivity index (χ2v) is 5.69. The predicted octanol–water partition coefficient (Wildman–Crippen LogP) is 2.45. The van der Waals surface area contributed by atoms with Gasteiger partial charge in [-0.3, -0.25) is 14.4 Å². The van der Waals surface area contributed by atoms with Crippen LogP contribution < -0.4 is 19.5 Å². The fourth-order valence-corrected chi connectivity index (χ4v) is 3.02. The van der Waals surface area contributed by atoms with Gasteiger partial charge in [-0.05, 0) is 12.1 Å². The molecule has 0 aliphatic heterocycles. The first-order chi connectivity index (χ1) is 12.4. The van der Waals surface area contributed by atoms with Gasteiger partial charge in [-0.15, -0.1) is 0 Å². The van der Waals surface area contributed by atoms with E-state index < -0.39 is 0 Å². The lowest BCUT2D eigenvalue weighted by atomic mass is 9.82. The molecular weight excluding hydrogens is 338 g/mol. The molecule has 3 rings (SSSR count). The highest BCUT2D eigenvalue weighted by Crippen LogP contribution is 2.40. The molecule has 0 aromatic heterocycles. The van der Waals surface area contributed by atoms with Gasteiger partial charge in [0.25, 0.3) is 0 Å². The van der Waals surface area contributed by atoms with Gasteiger partial charge in [-0.25, -0.2) is 0 Å². The number of carbonyl (C=O) groups is 3. The lowest BCUT2D eigenvalue weighted by Crippen LogP contribution is -2.23. The van der Waals surface area contributed by atoms with Gasteiger partial charge in [0.15, 0.2) is 5.78 Å². The summed E-state index contributed by atoms with van der Waals surface area (Å²) in [7, 11) is 4.27. The van der Waals surface area contributed by atoms with Crippen LogP contribution in [0, 0.1) is 0 Å². The normalized spacial score (nSPS) is 12.2. The number of nitrogens with one attached hydrogen (secondary N) is 1. The van der Waals surface area contributed by atoms with Gasteiger partial charge in [-0.1, -0.05) is 0 Å². The molecule has 2 aromatic rings. The standard InChI is InChI=1S/C19H17NO6/c1-9(21)20-10-5-12-16(14(6-10)25-3)19(23)17-13(18(12)22)7-11(24-2)8-15(17)26-4/h5-8H,1-4H3,(H,20,21). The van der Waals surface area contributed by atoms with E-state index in [1.807, 2.05) is 0 Å². The molecular formula is C19H17NO6. The van der Waals surface area contributed by atoms with Gasteiger partial charge in [0.2, 0.25) is 11.7 Å².